The van der Waals surface area contributed by atoms with Gasteiger partial charge in [0.15, 0.2) is 0 Å². The minimum absolute atomic E-state index is 0. The number of anilines is 1. The number of ether oxygens (including phenoxy) is 1. The summed E-state index contributed by atoms with van der Waals surface area (Å²) in [5, 5.41) is 16.9. The average molecular weight is 327 g/mol. The Labute approximate surface area is 134 Å². The molecule has 0 saturated carbocycles. The quantitative estimate of drug-likeness (QED) is 0.738. The van der Waals surface area contributed by atoms with E-state index in [1.807, 2.05) is 7.05 Å². The number of hydrogen-bond acceptors (Lipinski definition) is 6. The molecule has 1 amide bonds. The number of benzene rings is 1. The fourth-order valence-electron chi connectivity index (χ4n) is 1.87. The predicted octanol–water partition coefficient (Wildman–Crippen LogP) is 1.03. The highest BCUT2D eigenvalue weighted by molar-refractivity contribution is 5.91. The van der Waals surface area contributed by atoms with Gasteiger partial charge in [0.1, 0.15) is 17.8 Å². The Morgan fingerprint density at radius 2 is 2.23 bits per heavy atom. The van der Waals surface area contributed by atoms with Crippen LogP contribution in [0.2, 0.25) is 0 Å². The zero-order chi connectivity index (χ0) is 15.1. The lowest BCUT2D eigenvalue weighted by Crippen LogP contribution is -2.15. The summed E-state index contributed by atoms with van der Waals surface area (Å²) in [6.45, 7) is 0.811. The first kappa shape index (κ1) is 17.9. The Morgan fingerprint density at radius 3 is 2.86 bits per heavy atom. The van der Waals surface area contributed by atoms with Crippen molar-refractivity contribution in [2.24, 2.45) is 0 Å². The molecule has 0 aliphatic heterocycles. The third-order valence-electron chi connectivity index (χ3n) is 2.89. The second-order valence-electron chi connectivity index (χ2n) is 4.40. The molecular formula is C13H19ClN6O2. The average Bonchev–Trinajstić information content (AvgIpc) is 3.01. The molecule has 0 unspecified atom stereocenters. The maximum Gasteiger partial charge on any atom is 0.224 e. The first-order chi connectivity index (χ1) is 10.2. The van der Waals surface area contributed by atoms with Crippen molar-refractivity contribution >= 4 is 24.0 Å². The second kappa shape index (κ2) is 8.96. The van der Waals surface area contributed by atoms with Crippen molar-refractivity contribution in [3.8, 4) is 11.4 Å². The van der Waals surface area contributed by atoms with E-state index in [0.717, 1.165) is 13.0 Å². The van der Waals surface area contributed by atoms with E-state index < -0.39 is 0 Å². The fourth-order valence-corrected chi connectivity index (χ4v) is 1.87. The minimum atomic E-state index is -0.0296. The monoisotopic (exact) mass is 326 g/mol. The Morgan fingerprint density at radius 1 is 1.41 bits per heavy atom. The second-order valence-corrected chi connectivity index (χ2v) is 4.40. The number of nitrogens with one attached hydrogen (secondary N) is 2. The Bertz CT molecular complexity index is 590. The van der Waals surface area contributed by atoms with Crippen molar-refractivity contribution in [2.75, 3.05) is 26.0 Å². The standard InChI is InChI=1S/C13H18N6O2.ClH/c1-14-7-3-4-13(20)16-10-5-6-12(21-2)11(8-10)19-9-15-17-18-19;/h5-6,8-9,14H,3-4,7H2,1-2H3,(H,16,20);1H. The number of aromatic nitrogens is 4. The van der Waals surface area contributed by atoms with Gasteiger partial charge in [-0.15, -0.1) is 17.5 Å². The lowest BCUT2D eigenvalue weighted by Gasteiger charge is -2.11. The number of tetrazole rings is 1. The number of methoxy groups -OCH3 is 1. The molecule has 0 aliphatic rings. The zero-order valence-corrected chi connectivity index (χ0v) is 13.3. The van der Waals surface area contributed by atoms with Crippen molar-refractivity contribution in [1.82, 2.24) is 25.5 Å². The van der Waals surface area contributed by atoms with Crippen molar-refractivity contribution < 1.29 is 9.53 Å². The number of hydrogen-bond donors (Lipinski definition) is 2. The summed E-state index contributed by atoms with van der Waals surface area (Å²) in [6, 6.07) is 5.31. The van der Waals surface area contributed by atoms with Crippen LogP contribution in [-0.4, -0.2) is 46.8 Å². The van der Waals surface area contributed by atoms with Crippen LogP contribution in [0.5, 0.6) is 5.75 Å². The first-order valence-electron chi connectivity index (χ1n) is 6.60. The van der Waals surface area contributed by atoms with E-state index in [-0.39, 0.29) is 18.3 Å². The maximum absolute atomic E-state index is 11.8. The molecule has 2 rings (SSSR count). The highest BCUT2D eigenvalue weighted by atomic mass is 35.5. The molecule has 1 aromatic carbocycles. The van der Waals surface area contributed by atoms with Crippen LogP contribution < -0.4 is 15.4 Å². The van der Waals surface area contributed by atoms with E-state index in [1.54, 1.807) is 25.3 Å². The minimum Gasteiger partial charge on any atom is -0.494 e. The molecule has 2 N–H and O–H groups in total. The molecule has 9 heteroatoms. The van der Waals surface area contributed by atoms with Gasteiger partial charge in [-0.25, -0.2) is 0 Å². The highest BCUT2D eigenvalue weighted by Gasteiger charge is 2.09. The number of carbonyl (C=O) groups excluding carboxylic acids is 1. The molecule has 120 valence electrons. The SMILES string of the molecule is CNCCCC(=O)Nc1ccc(OC)c(-n2cnnn2)c1.Cl. The van der Waals surface area contributed by atoms with Crippen LogP contribution >= 0.6 is 12.4 Å². The normalized spacial score (nSPS) is 9.91. The summed E-state index contributed by atoms with van der Waals surface area (Å²) in [4.78, 5) is 11.8. The maximum atomic E-state index is 11.8. The van der Waals surface area contributed by atoms with Gasteiger partial charge in [-0.2, -0.15) is 4.68 Å². The third-order valence-corrected chi connectivity index (χ3v) is 2.89. The molecule has 0 saturated heterocycles. The molecule has 0 aliphatic carbocycles. The zero-order valence-electron chi connectivity index (χ0n) is 12.4. The van der Waals surface area contributed by atoms with E-state index in [9.17, 15) is 4.79 Å². The van der Waals surface area contributed by atoms with E-state index in [4.69, 9.17) is 4.74 Å². The van der Waals surface area contributed by atoms with Crippen molar-refractivity contribution in [3.05, 3.63) is 24.5 Å². The van der Waals surface area contributed by atoms with Gasteiger partial charge in [0.2, 0.25) is 5.91 Å². The molecule has 0 radical (unpaired) electrons. The van der Waals surface area contributed by atoms with Crippen LogP contribution in [-0.2, 0) is 4.79 Å². The van der Waals surface area contributed by atoms with E-state index in [0.29, 0.717) is 23.5 Å². The number of carbonyl (C=O) groups is 1. The third kappa shape index (κ3) is 4.68. The van der Waals surface area contributed by atoms with Gasteiger partial charge in [0.05, 0.1) is 7.11 Å². The van der Waals surface area contributed by atoms with Gasteiger partial charge >= 0.3 is 0 Å². The Kier molecular flexibility index (Phi) is 7.27. The smallest absolute Gasteiger partial charge is 0.224 e. The van der Waals surface area contributed by atoms with Gasteiger partial charge in [-0.1, -0.05) is 0 Å². The van der Waals surface area contributed by atoms with E-state index >= 15 is 0 Å². The molecule has 0 bridgehead atoms. The molecular weight excluding hydrogens is 308 g/mol. The lowest BCUT2D eigenvalue weighted by molar-refractivity contribution is -0.116. The topological polar surface area (TPSA) is 94.0 Å². The number of amides is 1. The highest BCUT2D eigenvalue weighted by Crippen LogP contribution is 2.25. The van der Waals surface area contributed by atoms with Gasteiger partial charge in [0.25, 0.3) is 0 Å². The van der Waals surface area contributed by atoms with Gasteiger partial charge in [-0.05, 0) is 48.6 Å². The fraction of sp³-hybridized carbons (Fsp3) is 0.385. The van der Waals surface area contributed by atoms with Crippen LogP contribution in [0.1, 0.15) is 12.8 Å². The predicted molar refractivity (Wildman–Crippen MR) is 84.7 cm³/mol. The molecule has 0 fully saturated rings. The molecule has 8 nitrogen and oxygen atoms in total. The van der Waals surface area contributed by atoms with Crippen molar-refractivity contribution in [2.45, 2.75) is 12.8 Å². The van der Waals surface area contributed by atoms with E-state index in [2.05, 4.69) is 26.2 Å². The molecule has 0 atom stereocenters. The first-order valence-corrected chi connectivity index (χ1v) is 6.60. The Balaban J connectivity index is 0.00000242. The van der Waals surface area contributed by atoms with Crippen LogP contribution in [0.3, 0.4) is 0 Å². The summed E-state index contributed by atoms with van der Waals surface area (Å²) in [5.74, 6) is 0.591. The van der Waals surface area contributed by atoms with Crippen molar-refractivity contribution in [3.63, 3.8) is 0 Å². The van der Waals surface area contributed by atoms with E-state index in [1.165, 1.54) is 11.0 Å². The number of nitrogens with zero attached hydrogens (tertiary/aromatic N) is 4. The summed E-state index contributed by atoms with van der Waals surface area (Å²) >= 11 is 0. The van der Waals surface area contributed by atoms with Crippen molar-refractivity contribution in [1.29, 1.82) is 0 Å². The van der Waals surface area contributed by atoms with Gasteiger partial charge in [0, 0.05) is 12.1 Å². The summed E-state index contributed by atoms with van der Waals surface area (Å²) in [5.41, 5.74) is 1.34. The molecule has 0 spiro atoms. The van der Waals surface area contributed by atoms with Crippen LogP contribution in [0, 0.1) is 0 Å². The lowest BCUT2D eigenvalue weighted by atomic mass is 10.2. The molecule has 1 heterocycles. The van der Waals surface area contributed by atoms with Crippen LogP contribution in [0.15, 0.2) is 24.5 Å². The van der Waals surface area contributed by atoms with Crippen LogP contribution in [0.4, 0.5) is 5.69 Å². The number of halogens is 1. The van der Waals surface area contributed by atoms with Crippen LogP contribution in [0.25, 0.3) is 5.69 Å². The number of rotatable bonds is 7. The summed E-state index contributed by atoms with van der Waals surface area (Å²) < 4.78 is 6.75. The van der Waals surface area contributed by atoms with Gasteiger partial charge in [-0.3, -0.25) is 4.79 Å². The molecule has 2 aromatic rings. The molecule has 1 aromatic heterocycles. The largest absolute Gasteiger partial charge is 0.494 e. The Hall–Kier alpha value is -2.19. The van der Waals surface area contributed by atoms with Gasteiger partial charge < -0.3 is 15.4 Å². The summed E-state index contributed by atoms with van der Waals surface area (Å²) in [6.07, 6.45) is 2.72. The summed E-state index contributed by atoms with van der Waals surface area (Å²) in [7, 11) is 3.43. The molecule has 22 heavy (non-hydrogen) atoms.